The Hall–Kier alpha value is -3.41. The maximum atomic E-state index is 11.7. The van der Waals surface area contributed by atoms with Gasteiger partial charge in [-0.2, -0.15) is 5.11 Å². The average molecular weight is 552 g/mol. The van der Waals surface area contributed by atoms with Crippen molar-refractivity contribution >= 4 is 17.5 Å². The van der Waals surface area contributed by atoms with E-state index in [2.05, 4.69) is 48.2 Å². The van der Waals surface area contributed by atoms with Crippen LogP contribution in [0, 0.1) is 23.7 Å². The summed E-state index contributed by atoms with van der Waals surface area (Å²) in [4.78, 5) is 11.7. The molecule has 0 aliphatic rings. The minimum atomic E-state index is -0.464. The summed E-state index contributed by atoms with van der Waals surface area (Å²) in [5, 5.41) is 11.5. The Morgan fingerprint density at radius 3 is 2.27 bits per heavy atom. The number of hydrogen-bond donors (Lipinski definition) is 1. The zero-order valence-electron chi connectivity index (χ0n) is 24.7. The fourth-order valence-electron chi connectivity index (χ4n) is 3.36. The molecule has 0 heterocycles. The number of carbonyl (C=O) groups is 1. The predicted octanol–water partition coefficient (Wildman–Crippen LogP) is 7.05. The lowest BCUT2D eigenvalue weighted by molar-refractivity contribution is 0.0335. The van der Waals surface area contributed by atoms with Gasteiger partial charge in [0.15, 0.2) is 0 Å². The highest BCUT2D eigenvalue weighted by Gasteiger charge is 2.06. The third-order valence-corrected chi connectivity index (χ3v) is 5.67. The van der Waals surface area contributed by atoms with Crippen LogP contribution in [0.25, 0.3) is 0 Å². The van der Waals surface area contributed by atoms with Crippen LogP contribution < -0.4 is 10.1 Å². The van der Waals surface area contributed by atoms with Crippen molar-refractivity contribution in [2.75, 3.05) is 46.2 Å². The van der Waals surface area contributed by atoms with Crippen LogP contribution >= 0.6 is 0 Å². The Morgan fingerprint density at radius 1 is 0.875 bits per heavy atom. The maximum absolute atomic E-state index is 11.7. The van der Waals surface area contributed by atoms with E-state index in [0.29, 0.717) is 50.2 Å². The second kappa shape index (κ2) is 19.6. The number of carbonyl (C=O) groups excluding carboxylic acids is 1. The summed E-state index contributed by atoms with van der Waals surface area (Å²) in [5.74, 6) is 7.46. The molecule has 8 nitrogen and oxygen atoms in total. The molecule has 0 aromatic heterocycles. The van der Waals surface area contributed by atoms with Gasteiger partial charge in [0.2, 0.25) is 0 Å². The number of azo groups is 1. The van der Waals surface area contributed by atoms with Crippen LogP contribution in [0.3, 0.4) is 0 Å². The molecule has 0 atom stereocenters. The first-order valence-corrected chi connectivity index (χ1v) is 14.2. The van der Waals surface area contributed by atoms with Crippen LogP contribution in [0.15, 0.2) is 52.7 Å². The lowest BCUT2D eigenvalue weighted by Gasteiger charge is -2.11. The van der Waals surface area contributed by atoms with Gasteiger partial charge >= 0.3 is 6.09 Å². The molecule has 0 aliphatic heterocycles. The van der Waals surface area contributed by atoms with E-state index in [1.807, 2.05) is 56.3 Å². The highest BCUT2D eigenvalue weighted by atomic mass is 16.6. The SMILES string of the molecule is CCc1ccc(OCCOCCOCCC(C)C)c(N=Nc2ccc(CCOC(=O)NCC#CC(C)C)cc2)c1. The van der Waals surface area contributed by atoms with Gasteiger partial charge in [-0.05, 0) is 54.2 Å². The standard InChI is InChI=1S/C32H45N3O5/c1-6-27-11-14-31(39-23-22-38-21-20-37-18-15-26(4)5)30(24-27)35-34-29-12-9-28(10-13-29)16-19-40-32(36)33-17-7-8-25(2)3/h9-14,24-26H,6,15-23H2,1-5H3,(H,33,36). The smallest absolute Gasteiger partial charge is 0.407 e. The maximum Gasteiger partial charge on any atom is 0.407 e. The number of alkyl carbamates (subject to hydrolysis) is 1. The van der Waals surface area contributed by atoms with Gasteiger partial charge in [-0.1, -0.05) is 64.7 Å². The lowest BCUT2D eigenvalue weighted by atomic mass is 10.1. The van der Waals surface area contributed by atoms with E-state index < -0.39 is 6.09 Å². The molecule has 8 heteroatoms. The number of nitrogens with one attached hydrogen (secondary N) is 1. The molecular weight excluding hydrogens is 506 g/mol. The summed E-state index contributed by atoms with van der Waals surface area (Å²) >= 11 is 0. The van der Waals surface area contributed by atoms with Gasteiger partial charge in [0.25, 0.3) is 0 Å². The van der Waals surface area contributed by atoms with Crippen LogP contribution in [0.4, 0.5) is 16.2 Å². The van der Waals surface area contributed by atoms with Gasteiger partial charge in [0, 0.05) is 18.9 Å². The van der Waals surface area contributed by atoms with E-state index in [9.17, 15) is 4.79 Å². The van der Waals surface area contributed by atoms with Crippen molar-refractivity contribution in [2.24, 2.45) is 22.1 Å². The summed E-state index contributed by atoms with van der Waals surface area (Å²) < 4.78 is 22.3. The largest absolute Gasteiger partial charge is 0.489 e. The Kier molecular flexibility index (Phi) is 16.1. The fraction of sp³-hybridized carbons (Fsp3) is 0.531. The number of hydrogen-bond acceptors (Lipinski definition) is 7. The molecule has 1 N–H and O–H groups in total. The van der Waals surface area contributed by atoms with Gasteiger partial charge in [-0.3, -0.25) is 0 Å². The van der Waals surface area contributed by atoms with Crippen LogP contribution in [-0.2, 0) is 27.1 Å². The highest BCUT2D eigenvalue weighted by Crippen LogP contribution is 2.31. The molecule has 0 saturated heterocycles. The van der Waals surface area contributed by atoms with Gasteiger partial charge in [-0.25, -0.2) is 4.79 Å². The molecule has 2 rings (SSSR count). The molecular formula is C32H45N3O5. The molecule has 40 heavy (non-hydrogen) atoms. The normalized spacial score (nSPS) is 11.1. The van der Waals surface area contributed by atoms with Crippen molar-refractivity contribution in [3.8, 4) is 17.6 Å². The summed E-state index contributed by atoms with van der Waals surface area (Å²) in [6, 6.07) is 13.6. The number of rotatable bonds is 17. The third kappa shape index (κ3) is 14.7. The fourth-order valence-corrected chi connectivity index (χ4v) is 3.36. The quantitative estimate of drug-likeness (QED) is 0.129. The lowest BCUT2D eigenvalue weighted by Crippen LogP contribution is -2.25. The molecule has 218 valence electrons. The minimum absolute atomic E-state index is 0.275. The first-order chi connectivity index (χ1) is 19.4. The summed E-state index contributed by atoms with van der Waals surface area (Å²) in [6.45, 7) is 13.8. The molecule has 0 saturated carbocycles. The van der Waals surface area contributed by atoms with E-state index in [1.165, 1.54) is 0 Å². The molecule has 2 aromatic carbocycles. The van der Waals surface area contributed by atoms with E-state index >= 15 is 0 Å². The van der Waals surface area contributed by atoms with Crippen molar-refractivity contribution in [1.29, 1.82) is 0 Å². The number of nitrogens with zero attached hydrogens (tertiary/aromatic N) is 2. The van der Waals surface area contributed by atoms with Gasteiger partial charge in [-0.15, -0.1) is 5.11 Å². The van der Waals surface area contributed by atoms with Crippen molar-refractivity contribution in [1.82, 2.24) is 5.32 Å². The van der Waals surface area contributed by atoms with E-state index in [1.54, 1.807) is 0 Å². The summed E-state index contributed by atoms with van der Waals surface area (Å²) in [6.07, 6.45) is 2.09. The van der Waals surface area contributed by atoms with Gasteiger partial charge < -0.3 is 24.3 Å². The van der Waals surface area contributed by atoms with Gasteiger partial charge in [0.1, 0.15) is 18.0 Å². The monoisotopic (exact) mass is 551 g/mol. The Labute approximate surface area is 239 Å². The van der Waals surface area contributed by atoms with Crippen molar-refractivity contribution < 1.29 is 23.7 Å². The number of amides is 1. The second-order valence-corrected chi connectivity index (χ2v) is 9.99. The molecule has 0 radical (unpaired) electrons. The highest BCUT2D eigenvalue weighted by molar-refractivity contribution is 5.67. The topological polar surface area (TPSA) is 90.7 Å². The Bertz CT molecular complexity index is 1090. The Balaban J connectivity index is 1.79. The molecule has 2 aromatic rings. The summed E-state index contributed by atoms with van der Waals surface area (Å²) in [5.41, 5.74) is 3.59. The Morgan fingerprint density at radius 2 is 1.57 bits per heavy atom. The molecule has 0 aliphatic carbocycles. The van der Waals surface area contributed by atoms with E-state index in [-0.39, 0.29) is 19.1 Å². The third-order valence-electron chi connectivity index (χ3n) is 5.67. The van der Waals surface area contributed by atoms with Gasteiger partial charge in [0.05, 0.1) is 38.7 Å². The second-order valence-electron chi connectivity index (χ2n) is 9.99. The zero-order valence-corrected chi connectivity index (χ0v) is 24.7. The molecule has 0 unspecified atom stereocenters. The first-order valence-electron chi connectivity index (χ1n) is 14.2. The van der Waals surface area contributed by atoms with Crippen LogP contribution in [-0.4, -0.2) is 52.3 Å². The number of benzene rings is 2. The minimum Gasteiger partial charge on any atom is -0.489 e. The number of aryl methyl sites for hydroxylation is 1. The molecule has 0 fully saturated rings. The van der Waals surface area contributed by atoms with E-state index in [0.717, 1.165) is 36.3 Å². The van der Waals surface area contributed by atoms with Crippen molar-refractivity contribution in [2.45, 2.75) is 53.9 Å². The average Bonchev–Trinajstić information content (AvgIpc) is 2.94. The predicted molar refractivity (Wildman–Crippen MR) is 159 cm³/mol. The zero-order chi connectivity index (χ0) is 29.0. The number of ether oxygens (including phenoxy) is 4. The molecule has 0 bridgehead atoms. The van der Waals surface area contributed by atoms with Crippen molar-refractivity contribution in [3.63, 3.8) is 0 Å². The first kappa shape index (κ1) is 32.8. The molecule has 1 amide bonds. The molecule has 0 spiro atoms. The van der Waals surface area contributed by atoms with Crippen molar-refractivity contribution in [3.05, 3.63) is 53.6 Å². The summed E-state index contributed by atoms with van der Waals surface area (Å²) in [7, 11) is 0. The van der Waals surface area contributed by atoms with Crippen LogP contribution in [0.1, 0.15) is 52.2 Å². The van der Waals surface area contributed by atoms with E-state index in [4.69, 9.17) is 18.9 Å². The van der Waals surface area contributed by atoms with Crippen LogP contribution in [0.5, 0.6) is 5.75 Å². The van der Waals surface area contributed by atoms with Crippen LogP contribution in [0.2, 0.25) is 0 Å².